The lowest BCUT2D eigenvalue weighted by Crippen LogP contribution is -2.42. The maximum absolute atomic E-state index is 13.2. The SMILES string of the molecule is C[C@@H]1[C@@H]2CC=C[C@]23[C@H](C(=O)[C@@H]2O[C@]23CCCCOCc2ccccc2)C1(C)C. The first-order chi connectivity index (χ1) is 13.4. The van der Waals surface area contributed by atoms with Crippen molar-refractivity contribution in [1.82, 2.24) is 0 Å². The van der Waals surface area contributed by atoms with Crippen LogP contribution in [0.4, 0.5) is 0 Å². The Morgan fingerprint density at radius 1 is 1.18 bits per heavy atom. The maximum Gasteiger partial charge on any atom is 0.169 e. The summed E-state index contributed by atoms with van der Waals surface area (Å²) in [5, 5.41) is 0. The van der Waals surface area contributed by atoms with Crippen molar-refractivity contribution >= 4 is 5.78 Å². The Labute approximate surface area is 168 Å². The number of carbonyl (C=O) groups excluding carboxylic acids is 1. The van der Waals surface area contributed by atoms with Crippen LogP contribution in [0.1, 0.15) is 52.0 Å². The van der Waals surface area contributed by atoms with E-state index in [0.29, 0.717) is 24.2 Å². The van der Waals surface area contributed by atoms with Crippen LogP contribution in [-0.4, -0.2) is 24.1 Å². The number of carbonyl (C=O) groups is 1. The van der Waals surface area contributed by atoms with Gasteiger partial charge in [0.25, 0.3) is 0 Å². The number of Topliss-reactive ketones (excluding diaryl/α,β-unsaturated/α-hetero) is 1. The van der Waals surface area contributed by atoms with Gasteiger partial charge in [-0.1, -0.05) is 63.3 Å². The summed E-state index contributed by atoms with van der Waals surface area (Å²) < 4.78 is 12.1. The molecule has 0 radical (unpaired) electrons. The minimum Gasteiger partial charge on any atom is -0.377 e. The van der Waals surface area contributed by atoms with E-state index in [1.54, 1.807) is 0 Å². The lowest BCUT2D eigenvalue weighted by molar-refractivity contribution is -0.130. The first-order valence-corrected chi connectivity index (χ1v) is 11.0. The molecule has 1 saturated heterocycles. The van der Waals surface area contributed by atoms with Gasteiger partial charge in [-0.15, -0.1) is 0 Å². The fraction of sp³-hybridized carbons (Fsp3) is 0.640. The number of fused-ring (bicyclic) bond motifs is 1. The number of hydrogen-bond acceptors (Lipinski definition) is 3. The van der Waals surface area contributed by atoms with Crippen molar-refractivity contribution in [2.45, 2.75) is 64.8 Å². The molecule has 0 bridgehead atoms. The number of hydrogen-bond donors (Lipinski definition) is 0. The molecule has 5 rings (SSSR count). The molecule has 1 aromatic rings. The minimum absolute atomic E-state index is 0.0530. The first-order valence-electron chi connectivity index (χ1n) is 11.0. The monoisotopic (exact) mass is 380 g/mol. The third-order valence-electron chi connectivity index (χ3n) is 8.56. The van der Waals surface area contributed by atoms with Crippen molar-refractivity contribution in [2.24, 2.45) is 28.6 Å². The van der Waals surface area contributed by atoms with Crippen molar-refractivity contribution in [3.05, 3.63) is 48.0 Å². The van der Waals surface area contributed by atoms with Gasteiger partial charge in [0.1, 0.15) is 11.7 Å². The second-order valence-electron chi connectivity index (χ2n) is 10.0. The Balaban J connectivity index is 1.23. The van der Waals surface area contributed by atoms with Crippen LogP contribution in [0.5, 0.6) is 0 Å². The van der Waals surface area contributed by atoms with E-state index in [9.17, 15) is 4.79 Å². The number of ether oxygens (including phenoxy) is 2. The molecular formula is C25H32O3. The second-order valence-corrected chi connectivity index (χ2v) is 10.0. The standard InChI is InChI=1S/C25H32O3/c1-17-19-12-9-13-24(19)21(23(17,2)3)20(26)22-25(24,28-22)14-7-8-15-27-16-18-10-5-4-6-11-18/h4-6,9-11,13,17,19,21-22H,7-8,12,14-16H2,1-3H3/t17-,19+,21-,22+,24-,25-/m1/s1. The van der Waals surface area contributed by atoms with Gasteiger partial charge in [-0.25, -0.2) is 0 Å². The largest absolute Gasteiger partial charge is 0.377 e. The quantitative estimate of drug-likeness (QED) is 0.382. The highest BCUT2D eigenvalue weighted by Gasteiger charge is 2.86. The highest BCUT2D eigenvalue weighted by Crippen LogP contribution is 2.79. The molecule has 3 aliphatic carbocycles. The average molecular weight is 381 g/mol. The lowest BCUT2D eigenvalue weighted by Gasteiger charge is -2.38. The first kappa shape index (κ1) is 18.6. The molecule has 4 aliphatic rings. The van der Waals surface area contributed by atoms with Gasteiger partial charge >= 0.3 is 0 Å². The van der Waals surface area contributed by atoms with E-state index in [1.165, 1.54) is 5.56 Å². The molecule has 3 nitrogen and oxygen atoms in total. The predicted octanol–water partition coefficient (Wildman–Crippen LogP) is 4.95. The van der Waals surface area contributed by atoms with Gasteiger partial charge in [-0.3, -0.25) is 4.79 Å². The number of rotatable bonds is 7. The summed E-state index contributed by atoms with van der Waals surface area (Å²) in [6.45, 7) is 8.41. The highest BCUT2D eigenvalue weighted by molar-refractivity contribution is 5.96. The van der Waals surface area contributed by atoms with Crippen LogP contribution in [-0.2, 0) is 20.9 Å². The summed E-state index contributed by atoms with van der Waals surface area (Å²) in [4.78, 5) is 13.2. The van der Waals surface area contributed by atoms with Gasteiger partial charge in [-0.05, 0) is 48.5 Å². The fourth-order valence-electron chi connectivity index (χ4n) is 7.06. The maximum atomic E-state index is 13.2. The molecule has 0 aromatic heterocycles. The van der Waals surface area contributed by atoms with E-state index in [-0.39, 0.29) is 28.5 Å². The third-order valence-corrected chi connectivity index (χ3v) is 8.56. The van der Waals surface area contributed by atoms with Crippen molar-refractivity contribution < 1.29 is 14.3 Å². The summed E-state index contributed by atoms with van der Waals surface area (Å²) in [6.07, 6.45) is 8.73. The molecule has 0 unspecified atom stereocenters. The normalized spacial score (nSPS) is 41.8. The van der Waals surface area contributed by atoms with E-state index in [0.717, 1.165) is 32.3 Å². The van der Waals surface area contributed by atoms with Crippen LogP contribution in [0.2, 0.25) is 0 Å². The minimum atomic E-state index is -0.228. The van der Waals surface area contributed by atoms with Crippen molar-refractivity contribution in [3.8, 4) is 0 Å². The van der Waals surface area contributed by atoms with Crippen LogP contribution >= 0.6 is 0 Å². The molecule has 1 heterocycles. The van der Waals surface area contributed by atoms with Crippen LogP contribution in [0.3, 0.4) is 0 Å². The Kier molecular flexibility index (Phi) is 4.16. The molecular weight excluding hydrogens is 348 g/mol. The molecule has 28 heavy (non-hydrogen) atoms. The zero-order valence-electron chi connectivity index (χ0n) is 17.3. The molecule has 2 saturated carbocycles. The zero-order valence-corrected chi connectivity index (χ0v) is 17.3. The van der Waals surface area contributed by atoms with Crippen molar-refractivity contribution in [3.63, 3.8) is 0 Å². The Morgan fingerprint density at radius 2 is 1.96 bits per heavy atom. The molecule has 3 heteroatoms. The van der Waals surface area contributed by atoms with Crippen molar-refractivity contribution in [2.75, 3.05) is 6.61 Å². The van der Waals surface area contributed by atoms with Gasteiger partial charge in [0.2, 0.25) is 0 Å². The van der Waals surface area contributed by atoms with Gasteiger partial charge in [-0.2, -0.15) is 0 Å². The van der Waals surface area contributed by atoms with Gasteiger partial charge in [0.05, 0.1) is 6.61 Å². The molecule has 1 aromatic carbocycles. The average Bonchev–Trinajstić information content (AvgIpc) is 3.15. The zero-order chi connectivity index (χ0) is 19.6. The van der Waals surface area contributed by atoms with Gasteiger partial charge in [0, 0.05) is 17.9 Å². The van der Waals surface area contributed by atoms with Crippen LogP contribution < -0.4 is 0 Å². The number of ketones is 1. The van der Waals surface area contributed by atoms with Crippen molar-refractivity contribution in [1.29, 1.82) is 0 Å². The molecule has 3 fully saturated rings. The van der Waals surface area contributed by atoms with E-state index in [2.05, 4.69) is 45.1 Å². The Bertz CT molecular complexity index is 797. The van der Waals surface area contributed by atoms with E-state index in [1.807, 2.05) is 18.2 Å². The Morgan fingerprint density at radius 3 is 2.75 bits per heavy atom. The van der Waals surface area contributed by atoms with Crippen LogP contribution in [0.25, 0.3) is 0 Å². The number of unbranched alkanes of at least 4 members (excludes halogenated alkanes) is 1. The topological polar surface area (TPSA) is 38.8 Å². The van der Waals surface area contributed by atoms with E-state index >= 15 is 0 Å². The lowest BCUT2D eigenvalue weighted by atomic mass is 9.65. The third kappa shape index (κ3) is 2.26. The summed E-state index contributed by atoms with van der Waals surface area (Å²) >= 11 is 0. The molecule has 150 valence electrons. The number of benzene rings is 1. The van der Waals surface area contributed by atoms with Crippen LogP contribution in [0, 0.1) is 28.6 Å². The smallest absolute Gasteiger partial charge is 0.169 e. The molecule has 1 spiro atoms. The van der Waals surface area contributed by atoms with Crippen LogP contribution in [0.15, 0.2) is 42.5 Å². The summed E-state index contributed by atoms with van der Waals surface area (Å²) in [5.41, 5.74) is 1.00. The Hall–Kier alpha value is -1.45. The summed E-state index contributed by atoms with van der Waals surface area (Å²) in [5.74, 6) is 1.61. The van der Waals surface area contributed by atoms with E-state index in [4.69, 9.17) is 9.47 Å². The predicted molar refractivity (Wildman–Crippen MR) is 109 cm³/mol. The summed E-state index contributed by atoms with van der Waals surface area (Å²) in [6, 6.07) is 10.3. The fourth-order valence-corrected chi connectivity index (χ4v) is 7.06. The molecule has 6 atom stereocenters. The summed E-state index contributed by atoms with van der Waals surface area (Å²) in [7, 11) is 0. The highest BCUT2D eigenvalue weighted by atomic mass is 16.6. The number of epoxide rings is 1. The van der Waals surface area contributed by atoms with Gasteiger partial charge in [0.15, 0.2) is 5.78 Å². The molecule has 1 aliphatic heterocycles. The van der Waals surface area contributed by atoms with E-state index < -0.39 is 0 Å². The molecule has 0 N–H and O–H groups in total. The second kappa shape index (κ2) is 6.27. The number of allylic oxidation sites excluding steroid dienone is 1. The molecule has 0 amide bonds. The van der Waals surface area contributed by atoms with Gasteiger partial charge < -0.3 is 9.47 Å².